The molecule has 0 saturated carbocycles. The van der Waals surface area contributed by atoms with Crippen LogP contribution in [0, 0.1) is 6.92 Å². The highest BCUT2D eigenvalue weighted by Gasteiger charge is 2.22. The van der Waals surface area contributed by atoms with Gasteiger partial charge in [-0.15, -0.1) is 10.2 Å². The van der Waals surface area contributed by atoms with Gasteiger partial charge >= 0.3 is 0 Å². The lowest BCUT2D eigenvalue weighted by Crippen LogP contribution is -2.30. The minimum absolute atomic E-state index is 0.736. The first-order valence-electron chi connectivity index (χ1n) is 7.34. The van der Waals surface area contributed by atoms with Crippen molar-refractivity contribution < 1.29 is 0 Å². The van der Waals surface area contributed by atoms with E-state index in [4.69, 9.17) is 11.6 Å². The fraction of sp³-hybridized carbons (Fsp3) is 0.176. The molecule has 0 bridgehead atoms. The Morgan fingerprint density at radius 3 is 2.48 bits per heavy atom. The Morgan fingerprint density at radius 2 is 1.74 bits per heavy atom. The molecule has 2 aromatic carbocycles. The van der Waals surface area contributed by atoms with Gasteiger partial charge in [0.15, 0.2) is 11.0 Å². The van der Waals surface area contributed by atoms with Crippen LogP contribution in [0.4, 0.5) is 5.69 Å². The second-order valence-corrected chi connectivity index (χ2v) is 6.88. The normalized spacial score (nSPS) is 13.9. The molecule has 1 aliphatic heterocycles. The summed E-state index contributed by atoms with van der Waals surface area (Å²) < 4.78 is 2.16. The second kappa shape index (κ2) is 5.91. The van der Waals surface area contributed by atoms with Crippen LogP contribution in [-0.2, 0) is 6.67 Å². The average Bonchev–Trinajstić information content (AvgIpc) is 2.99. The van der Waals surface area contributed by atoms with Crippen molar-refractivity contribution in [1.82, 2.24) is 14.8 Å². The number of rotatable bonds is 2. The highest BCUT2D eigenvalue weighted by atomic mass is 35.5. The van der Waals surface area contributed by atoms with Gasteiger partial charge in [-0.3, -0.25) is 4.57 Å². The molecule has 0 spiro atoms. The lowest BCUT2D eigenvalue weighted by Gasteiger charge is -2.29. The van der Waals surface area contributed by atoms with E-state index < -0.39 is 0 Å². The van der Waals surface area contributed by atoms with Crippen LogP contribution < -0.4 is 4.90 Å². The van der Waals surface area contributed by atoms with E-state index in [2.05, 4.69) is 50.9 Å². The molecular weight excluding hydrogens is 328 g/mol. The van der Waals surface area contributed by atoms with Gasteiger partial charge in [-0.1, -0.05) is 53.2 Å². The Morgan fingerprint density at radius 1 is 1.00 bits per heavy atom. The first-order chi connectivity index (χ1) is 11.2. The summed E-state index contributed by atoms with van der Waals surface area (Å²) in [6.45, 7) is 2.82. The predicted octanol–water partition coefficient (Wildman–Crippen LogP) is 4.43. The van der Waals surface area contributed by atoms with E-state index in [-0.39, 0.29) is 0 Å². The number of thioether (sulfide) groups is 1. The van der Waals surface area contributed by atoms with Crippen LogP contribution in [0.25, 0.3) is 11.4 Å². The van der Waals surface area contributed by atoms with Gasteiger partial charge in [0.05, 0.1) is 12.5 Å². The standard InChI is InChI=1S/C17H15ClN4S/c1-12-2-4-13(5-3-12)16-19-20-17-22(16)10-21(11-23-17)15-8-6-14(18)7-9-15/h2-9H,10-11H2,1H3. The summed E-state index contributed by atoms with van der Waals surface area (Å²) in [5.41, 5.74) is 3.48. The molecule has 0 N–H and O–H groups in total. The molecule has 116 valence electrons. The molecular formula is C17H15ClN4S. The summed E-state index contributed by atoms with van der Waals surface area (Å²) in [6, 6.07) is 16.3. The number of nitrogens with zero attached hydrogens (tertiary/aromatic N) is 4. The molecule has 6 heteroatoms. The van der Waals surface area contributed by atoms with E-state index in [9.17, 15) is 0 Å². The Bertz CT molecular complexity index is 827. The third-order valence-corrected chi connectivity index (χ3v) is 5.13. The smallest absolute Gasteiger partial charge is 0.194 e. The summed E-state index contributed by atoms with van der Waals surface area (Å²) in [5.74, 6) is 1.76. The molecule has 4 rings (SSSR count). The van der Waals surface area contributed by atoms with E-state index in [0.29, 0.717) is 0 Å². The number of halogens is 1. The van der Waals surface area contributed by atoms with E-state index in [1.807, 2.05) is 24.3 Å². The molecule has 0 unspecified atom stereocenters. The van der Waals surface area contributed by atoms with Crippen molar-refractivity contribution in [3.63, 3.8) is 0 Å². The number of anilines is 1. The van der Waals surface area contributed by atoms with Crippen LogP contribution in [0.5, 0.6) is 0 Å². The lowest BCUT2D eigenvalue weighted by atomic mass is 10.1. The van der Waals surface area contributed by atoms with Crippen LogP contribution in [0.3, 0.4) is 0 Å². The van der Waals surface area contributed by atoms with Crippen LogP contribution in [0.15, 0.2) is 53.7 Å². The lowest BCUT2D eigenvalue weighted by molar-refractivity contribution is 0.608. The van der Waals surface area contributed by atoms with Gasteiger partial charge in [-0.2, -0.15) is 0 Å². The Kier molecular flexibility index (Phi) is 3.75. The molecule has 4 nitrogen and oxygen atoms in total. The van der Waals surface area contributed by atoms with Gasteiger partial charge in [-0.05, 0) is 31.2 Å². The van der Waals surface area contributed by atoms with Crippen molar-refractivity contribution in [2.45, 2.75) is 18.7 Å². The van der Waals surface area contributed by atoms with Crippen molar-refractivity contribution in [1.29, 1.82) is 0 Å². The maximum absolute atomic E-state index is 5.98. The number of benzene rings is 2. The maximum Gasteiger partial charge on any atom is 0.194 e. The van der Waals surface area contributed by atoms with Crippen molar-refractivity contribution in [3.05, 3.63) is 59.1 Å². The molecule has 2 heterocycles. The summed E-state index contributed by atoms with van der Waals surface area (Å²) in [5, 5.41) is 10.4. The summed E-state index contributed by atoms with van der Waals surface area (Å²) in [6.07, 6.45) is 0. The van der Waals surface area contributed by atoms with Gasteiger partial charge in [0.25, 0.3) is 0 Å². The van der Waals surface area contributed by atoms with E-state index >= 15 is 0 Å². The highest BCUT2D eigenvalue weighted by Crippen LogP contribution is 2.32. The zero-order valence-corrected chi connectivity index (χ0v) is 14.2. The Balaban J connectivity index is 1.67. The van der Waals surface area contributed by atoms with Gasteiger partial charge < -0.3 is 4.90 Å². The molecule has 3 aromatic rings. The summed E-state index contributed by atoms with van der Waals surface area (Å²) >= 11 is 7.68. The molecule has 1 aliphatic rings. The largest absolute Gasteiger partial charge is 0.344 e. The predicted molar refractivity (Wildman–Crippen MR) is 94.9 cm³/mol. The molecule has 0 atom stereocenters. The van der Waals surface area contributed by atoms with Crippen molar-refractivity contribution in [2.75, 3.05) is 10.8 Å². The van der Waals surface area contributed by atoms with E-state index in [0.717, 1.165) is 39.8 Å². The average molecular weight is 343 g/mol. The zero-order valence-electron chi connectivity index (χ0n) is 12.6. The molecule has 0 radical (unpaired) electrons. The number of hydrogen-bond acceptors (Lipinski definition) is 4. The van der Waals surface area contributed by atoms with E-state index in [1.54, 1.807) is 11.8 Å². The number of hydrogen-bond donors (Lipinski definition) is 0. The van der Waals surface area contributed by atoms with Crippen LogP contribution in [0.2, 0.25) is 5.02 Å². The minimum Gasteiger partial charge on any atom is -0.344 e. The Hall–Kier alpha value is -1.98. The molecule has 23 heavy (non-hydrogen) atoms. The SMILES string of the molecule is Cc1ccc(-c2nnc3n2CN(c2ccc(Cl)cc2)CS3)cc1. The summed E-state index contributed by atoms with van der Waals surface area (Å²) in [7, 11) is 0. The molecule has 0 amide bonds. The number of fused-ring (bicyclic) bond motifs is 1. The van der Waals surface area contributed by atoms with Crippen molar-refractivity contribution >= 4 is 29.1 Å². The van der Waals surface area contributed by atoms with Crippen molar-refractivity contribution in [2.24, 2.45) is 0 Å². The summed E-state index contributed by atoms with van der Waals surface area (Å²) in [4.78, 5) is 2.29. The monoisotopic (exact) mass is 342 g/mol. The zero-order chi connectivity index (χ0) is 15.8. The quantitative estimate of drug-likeness (QED) is 0.689. The third kappa shape index (κ3) is 2.82. The number of aryl methyl sites for hydroxylation is 1. The van der Waals surface area contributed by atoms with Gasteiger partial charge in [0.1, 0.15) is 0 Å². The fourth-order valence-corrected chi connectivity index (χ4v) is 3.62. The molecule has 1 aromatic heterocycles. The van der Waals surface area contributed by atoms with Crippen molar-refractivity contribution in [3.8, 4) is 11.4 Å². The molecule has 0 fully saturated rings. The van der Waals surface area contributed by atoms with Gasteiger partial charge in [0, 0.05) is 16.3 Å². The van der Waals surface area contributed by atoms with E-state index in [1.165, 1.54) is 5.56 Å². The molecule has 0 aliphatic carbocycles. The highest BCUT2D eigenvalue weighted by molar-refractivity contribution is 7.99. The Labute approximate surface area is 144 Å². The van der Waals surface area contributed by atoms with Gasteiger partial charge in [-0.25, -0.2) is 0 Å². The minimum atomic E-state index is 0.736. The van der Waals surface area contributed by atoms with Gasteiger partial charge in [0.2, 0.25) is 0 Å². The second-order valence-electron chi connectivity index (χ2n) is 5.53. The van der Waals surface area contributed by atoms with Crippen LogP contribution in [-0.4, -0.2) is 20.6 Å². The first kappa shape index (κ1) is 14.6. The van der Waals surface area contributed by atoms with Crippen LogP contribution >= 0.6 is 23.4 Å². The topological polar surface area (TPSA) is 34.0 Å². The van der Waals surface area contributed by atoms with Crippen LogP contribution in [0.1, 0.15) is 5.56 Å². The number of aromatic nitrogens is 3. The third-order valence-electron chi connectivity index (χ3n) is 3.88. The maximum atomic E-state index is 5.98. The first-order valence-corrected chi connectivity index (χ1v) is 8.70. The fourth-order valence-electron chi connectivity index (χ4n) is 2.59. The molecule has 0 saturated heterocycles.